The Bertz CT molecular complexity index is 570. The van der Waals surface area contributed by atoms with Crippen molar-refractivity contribution in [1.29, 1.82) is 0 Å². The summed E-state index contributed by atoms with van der Waals surface area (Å²) in [4.78, 5) is 4.41. The SMILES string of the molecule is CC1=NCC(C)=C1C(C)(C)C.Cc1noc(C)c1C(C)(C)C. The molecule has 0 spiro atoms. The van der Waals surface area contributed by atoms with E-state index < -0.39 is 0 Å². The summed E-state index contributed by atoms with van der Waals surface area (Å²) in [6.45, 7) is 22.4. The van der Waals surface area contributed by atoms with Crippen LogP contribution in [-0.4, -0.2) is 17.4 Å². The fraction of sp³-hybridized carbons (Fsp3) is 0.684. The summed E-state index contributed by atoms with van der Waals surface area (Å²) in [6.07, 6.45) is 0. The van der Waals surface area contributed by atoms with E-state index in [1.165, 1.54) is 22.4 Å². The van der Waals surface area contributed by atoms with Gasteiger partial charge in [-0.25, -0.2) is 0 Å². The van der Waals surface area contributed by atoms with E-state index in [0.29, 0.717) is 0 Å². The van der Waals surface area contributed by atoms with Crippen LogP contribution in [0.4, 0.5) is 0 Å². The summed E-state index contributed by atoms with van der Waals surface area (Å²) >= 11 is 0. The van der Waals surface area contributed by atoms with Crippen LogP contribution >= 0.6 is 0 Å². The zero-order valence-electron chi connectivity index (χ0n) is 16.0. The van der Waals surface area contributed by atoms with Gasteiger partial charge < -0.3 is 4.52 Å². The molecule has 1 aromatic rings. The predicted octanol–water partition coefficient (Wildman–Crippen LogP) is 5.41. The number of hydrogen-bond donors (Lipinski definition) is 0. The second-order valence-electron chi connectivity index (χ2n) is 8.26. The third-order valence-corrected chi connectivity index (χ3v) is 3.88. The lowest BCUT2D eigenvalue weighted by molar-refractivity contribution is 0.389. The van der Waals surface area contributed by atoms with Gasteiger partial charge in [0.2, 0.25) is 0 Å². The van der Waals surface area contributed by atoms with Gasteiger partial charge in [-0.1, -0.05) is 46.7 Å². The molecule has 3 nitrogen and oxygen atoms in total. The lowest BCUT2D eigenvalue weighted by atomic mass is 9.82. The van der Waals surface area contributed by atoms with E-state index in [1.807, 2.05) is 13.8 Å². The molecule has 0 saturated heterocycles. The Morgan fingerprint density at radius 1 is 0.864 bits per heavy atom. The maximum absolute atomic E-state index is 5.07. The fourth-order valence-corrected chi connectivity index (χ4v) is 3.44. The molecule has 0 amide bonds. The standard InChI is InChI=1S/C10H17N.C9H15NO/c1-7-6-11-8(2)9(7)10(3,4)5;1-6-8(9(3,4)5)7(2)11-10-6/h6H2,1-5H3;1-5H3. The van der Waals surface area contributed by atoms with Crippen molar-refractivity contribution in [2.24, 2.45) is 10.4 Å². The topological polar surface area (TPSA) is 38.4 Å². The van der Waals surface area contributed by atoms with Gasteiger partial charge in [-0.3, -0.25) is 4.99 Å². The van der Waals surface area contributed by atoms with Crippen LogP contribution in [0.1, 0.15) is 72.4 Å². The van der Waals surface area contributed by atoms with Crippen LogP contribution in [0, 0.1) is 19.3 Å². The number of hydrogen-bond acceptors (Lipinski definition) is 3. The second-order valence-corrected chi connectivity index (χ2v) is 8.26. The molecule has 124 valence electrons. The molecule has 0 aliphatic carbocycles. The first-order chi connectivity index (χ1) is 9.85. The van der Waals surface area contributed by atoms with Crippen LogP contribution in [0.2, 0.25) is 0 Å². The molecule has 1 aliphatic rings. The van der Waals surface area contributed by atoms with Crippen LogP contribution in [-0.2, 0) is 5.41 Å². The van der Waals surface area contributed by atoms with Crippen molar-refractivity contribution in [2.75, 3.05) is 6.54 Å². The maximum atomic E-state index is 5.07. The molecule has 0 aromatic carbocycles. The molecule has 3 heteroatoms. The van der Waals surface area contributed by atoms with E-state index in [0.717, 1.165) is 18.0 Å². The highest BCUT2D eigenvalue weighted by atomic mass is 16.5. The van der Waals surface area contributed by atoms with E-state index >= 15 is 0 Å². The zero-order valence-corrected chi connectivity index (χ0v) is 16.0. The Balaban J connectivity index is 0.000000220. The normalized spacial score (nSPS) is 15.6. The van der Waals surface area contributed by atoms with Gasteiger partial charge in [0.25, 0.3) is 0 Å². The smallest absolute Gasteiger partial charge is 0.137 e. The number of aliphatic imine (C=N–C) groups is 1. The van der Waals surface area contributed by atoms with E-state index in [9.17, 15) is 0 Å². The average Bonchev–Trinajstić information content (AvgIpc) is 2.81. The van der Waals surface area contributed by atoms with Crippen molar-refractivity contribution in [1.82, 2.24) is 5.16 Å². The summed E-state index contributed by atoms with van der Waals surface area (Å²) < 4.78 is 5.07. The number of rotatable bonds is 0. The Morgan fingerprint density at radius 3 is 1.59 bits per heavy atom. The highest BCUT2D eigenvalue weighted by Crippen LogP contribution is 2.32. The summed E-state index contributed by atoms with van der Waals surface area (Å²) in [5.74, 6) is 0.940. The van der Waals surface area contributed by atoms with E-state index in [-0.39, 0.29) is 10.8 Å². The van der Waals surface area contributed by atoms with E-state index in [2.05, 4.69) is 65.5 Å². The summed E-state index contributed by atoms with van der Waals surface area (Å²) in [6, 6.07) is 0. The van der Waals surface area contributed by atoms with Gasteiger partial charge in [0.05, 0.1) is 12.2 Å². The highest BCUT2D eigenvalue weighted by molar-refractivity contribution is 6.01. The minimum absolute atomic E-state index is 0.147. The number of allylic oxidation sites excluding steroid dienone is 1. The van der Waals surface area contributed by atoms with Crippen molar-refractivity contribution in [3.8, 4) is 0 Å². The molecule has 1 aromatic heterocycles. The van der Waals surface area contributed by atoms with E-state index in [1.54, 1.807) is 0 Å². The Labute approximate surface area is 135 Å². The largest absolute Gasteiger partial charge is 0.361 e. The van der Waals surface area contributed by atoms with Gasteiger partial charge in [-0.15, -0.1) is 0 Å². The molecule has 0 atom stereocenters. The number of nitrogens with zero attached hydrogens (tertiary/aromatic N) is 2. The van der Waals surface area contributed by atoms with Crippen molar-refractivity contribution in [2.45, 2.75) is 74.7 Å². The zero-order chi connectivity index (χ0) is 17.3. The van der Waals surface area contributed by atoms with Crippen LogP contribution in [0.15, 0.2) is 20.7 Å². The quantitative estimate of drug-likeness (QED) is 0.642. The van der Waals surface area contributed by atoms with Gasteiger partial charge >= 0.3 is 0 Å². The average molecular weight is 304 g/mol. The Hall–Kier alpha value is -1.38. The van der Waals surface area contributed by atoms with Crippen LogP contribution in [0.25, 0.3) is 0 Å². The van der Waals surface area contributed by atoms with Crippen molar-refractivity contribution in [3.05, 3.63) is 28.2 Å². The van der Waals surface area contributed by atoms with Gasteiger partial charge in [-0.2, -0.15) is 0 Å². The predicted molar refractivity (Wildman–Crippen MR) is 94.8 cm³/mol. The van der Waals surface area contributed by atoms with Crippen LogP contribution in [0.5, 0.6) is 0 Å². The molecule has 0 unspecified atom stereocenters. The van der Waals surface area contributed by atoms with Crippen molar-refractivity contribution >= 4 is 5.71 Å². The van der Waals surface area contributed by atoms with Gasteiger partial charge in [0, 0.05) is 11.3 Å². The third kappa shape index (κ3) is 4.31. The molecule has 0 radical (unpaired) electrons. The first-order valence-electron chi connectivity index (χ1n) is 8.00. The first kappa shape index (κ1) is 18.7. The molecule has 0 fully saturated rings. The molecule has 0 bridgehead atoms. The van der Waals surface area contributed by atoms with Gasteiger partial charge in [0.15, 0.2) is 0 Å². The highest BCUT2D eigenvalue weighted by Gasteiger charge is 2.24. The summed E-state index contributed by atoms with van der Waals surface area (Å²) in [5.41, 5.74) is 6.79. The lowest BCUT2D eigenvalue weighted by Gasteiger charge is -2.21. The molecule has 0 saturated carbocycles. The van der Waals surface area contributed by atoms with Crippen LogP contribution < -0.4 is 0 Å². The Morgan fingerprint density at radius 2 is 1.41 bits per heavy atom. The first-order valence-corrected chi connectivity index (χ1v) is 8.00. The fourth-order valence-electron chi connectivity index (χ4n) is 3.44. The molecular weight excluding hydrogens is 272 g/mol. The monoisotopic (exact) mass is 304 g/mol. The summed E-state index contributed by atoms with van der Waals surface area (Å²) in [7, 11) is 0. The maximum Gasteiger partial charge on any atom is 0.137 e. The minimum Gasteiger partial charge on any atom is -0.361 e. The third-order valence-electron chi connectivity index (χ3n) is 3.88. The van der Waals surface area contributed by atoms with Gasteiger partial charge in [0.1, 0.15) is 5.76 Å². The number of aryl methyl sites for hydroxylation is 2. The van der Waals surface area contributed by atoms with Gasteiger partial charge in [-0.05, 0) is 49.7 Å². The molecule has 0 N–H and O–H groups in total. The lowest BCUT2D eigenvalue weighted by Crippen LogP contribution is -2.15. The van der Waals surface area contributed by atoms with Crippen LogP contribution in [0.3, 0.4) is 0 Å². The van der Waals surface area contributed by atoms with Crippen molar-refractivity contribution < 1.29 is 4.52 Å². The molecule has 2 heterocycles. The Kier molecular flexibility index (Phi) is 5.42. The van der Waals surface area contributed by atoms with E-state index in [4.69, 9.17) is 4.52 Å². The molecule has 2 rings (SSSR count). The summed E-state index contributed by atoms with van der Waals surface area (Å²) in [5, 5.41) is 3.91. The van der Waals surface area contributed by atoms with Crippen molar-refractivity contribution in [3.63, 3.8) is 0 Å². The minimum atomic E-state index is 0.147. The molecular formula is C19H32N2O. The molecule has 22 heavy (non-hydrogen) atoms. The molecule has 1 aliphatic heterocycles. The number of aromatic nitrogens is 1. The second kappa shape index (κ2) is 6.39.